The first kappa shape index (κ1) is 12.8. The highest BCUT2D eigenvalue weighted by atomic mass is 16.3. The fraction of sp³-hybridized carbons (Fsp3) is 0.923. The van der Waals surface area contributed by atoms with E-state index < -0.39 is 0 Å². The molecule has 2 aliphatic rings. The van der Waals surface area contributed by atoms with Gasteiger partial charge in [-0.3, -0.25) is 4.90 Å². The number of likely N-dealkylation sites (tertiary alicyclic amines) is 1. The molecule has 0 spiro atoms. The Bertz CT molecular complexity index is 301. The number of nitrogens with one attached hydrogen (secondary N) is 1. The highest BCUT2D eigenvalue weighted by Crippen LogP contribution is 2.27. The Hall–Kier alpha value is -0.610. The Kier molecular flexibility index (Phi) is 3.73. The van der Waals surface area contributed by atoms with Crippen LogP contribution in [0.3, 0.4) is 0 Å². The molecule has 2 aliphatic heterocycles. The maximum absolute atomic E-state index is 10.2. The zero-order chi connectivity index (χ0) is 12.6. The van der Waals surface area contributed by atoms with Gasteiger partial charge in [0.2, 0.25) is 0 Å². The standard InChI is InChI=1S/C13H25N3O/c1-8(2)12-10-7-16(13(17)9(3)4)6-5-11(10)14-15-12/h8-11,13-14,17H,5-7H2,1-4H3. The second-order valence-electron chi connectivity index (χ2n) is 5.97. The van der Waals surface area contributed by atoms with Crippen LogP contribution in [-0.2, 0) is 0 Å². The van der Waals surface area contributed by atoms with Gasteiger partial charge in [-0.05, 0) is 18.3 Å². The van der Waals surface area contributed by atoms with E-state index in [4.69, 9.17) is 0 Å². The van der Waals surface area contributed by atoms with Crippen molar-refractivity contribution < 1.29 is 5.11 Å². The number of rotatable bonds is 3. The highest BCUT2D eigenvalue weighted by Gasteiger charge is 2.39. The van der Waals surface area contributed by atoms with Crippen LogP contribution in [0.4, 0.5) is 0 Å². The SMILES string of the molecule is CC(C)C1=NNC2CCN(C(O)C(C)C)CC12. The average molecular weight is 239 g/mol. The third kappa shape index (κ3) is 2.47. The van der Waals surface area contributed by atoms with Crippen molar-refractivity contribution in [3.8, 4) is 0 Å². The Morgan fingerprint density at radius 1 is 1.35 bits per heavy atom. The van der Waals surface area contributed by atoms with Gasteiger partial charge in [0.1, 0.15) is 6.23 Å². The Morgan fingerprint density at radius 3 is 2.65 bits per heavy atom. The van der Waals surface area contributed by atoms with Crippen molar-refractivity contribution in [2.24, 2.45) is 22.9 Å². The summed E-state index contributed by atoms with van der Waals surface area (Å²) in [4.78, 5) is 2.21. The maximum Gasteiger partial charge on any atom is 0.109 e. The molecular formula is C13H25N3O. The van der Waals surface area contributed by atoms with Crippen LogP contribution in [0.5, 0.6) is 0 Å². The second-order valence-corrected chi connectivity index (χ2v) is 5.97. The van der Waals surface area contributed by atoms with E-state index in [1.807, 2.05) is 0 Å². The van der Waals surface area contributed by atoms with Crippen molar-refractivity contribution in [3.63, 3.8) is 0 Å². The number of hydrogen-bond acceptors (Lipinski definition) is 4. The zero-order valence-electron chi connectivity index (χ0n) is 11.3. The smallest absolute Gasteiger partial charge is 0.109 e. The van der Waals surface area contributed by atoms with Crippen LogP contribution in [0, 0.1) is 17.8 Å². The molecule has 0 aromatic carbocycles. The largest absolute Gasteiger partial charge is 0.378 e. The third-order valence-electron chi connectivity index (χ3n) is 3.95. The molecule has 2 N–H and O–H groups in total. The molecule has 3 unspecified atom stereocenters. The Morgan fingerprint density at radius 2 is 2.06 bits per heavy atom. The van der Waals surface area contributed by atoms with E-state index in [0.29, 0.717) is 23.8 Å². The summed E-state index contributed by atoms with van der Waals surface area (Å²) in [5.41, 5.74) is 4.53. The van der Waals surface area contributed by atoms with Gasteiger partial charge in [-0.25, -0.2) is 0 Å². The number of aliphatic hydroxyl groups is 1. The van der Waals surface area contributed by atoms with Gasteiger partial charge < -0.3 is 10.5 Å². The van der Waals surface area contributed by atoms with Crippen molar-refractivity contribution in [1.82, 2.24) is 10.3 Å². The summed E-state index contributed by atoms with van der Waals surface area (Å²) in [6, 6.07) is 0.489. The molecule has 0 aromatic rings. The van der Waals surface area contributed by atoms with Gasteiger partial charge in [-0.2, -0.15) is 5.10 Å². The molecule has 1 fully saturated rings. The van der Waals surface area contributed by atoms with Gasteiger partial charge in [0.25, 0.3) is 0 Å². The molecule has 0 saturated carbocycles. The quantitative estimate of drug-likeness (QED) is 0.779. The van der Waals surface area contributed by atoms with Crippen LogP contribution in [0.1, 0.15) is 34.1 Å². The summed E-state index contributed by atoms with van der Waals surface area (Å²) >= 11 is 0. The Balaban J connectivity index is 2.03. The lowest BCUT2D eigenvalue weighted by molar-refractivity contribution is -0.0481. The number of fused-ring (bicyclic) bond motifs is 1. The van der Waals surface area contributed by atoms with Crippen molar-refractivity contribution in [1.29, 1.82) is 0 Å². The summed E-state index contributed by atoms with van der Waals surface area (Å²) < 4.78 is 0. The van der Waals surface area contributed by atoms with Crippen LogP contribution < -0.4 is 5.43 Å². The molecule has 1 saturated heterocycles. The van der Waals surface area contributed by atoms with Gasteiger partial charge in [0, 0.05) is 24.7 Å². The Labute approximate surface area is 104 Å². The van der Waals surface area contributed by atoms with Crippen LogP contribution in [0.25, 0.3) is 0 Å². The van der Waals surface area contributed by atoms with Crippen molar-refractivity contribution in [2.45, 2.75) is 46.4 Å². The third-order valence-corrected chi connectivity index (χ3v) is 3.95. The maximum atomic E-state index is 10.2. The summed E-state index contributed by atoms with van der Waals surface area (Å²) in [6.07, 6.45) is 0.763. The monoisotopic (exact) mass is 239 g/mol. The molecular weight excluding hydrogens is 214 g/mol. The van der Waals surface area contributed by atoms with E-state index >= 15 is 0 Å². The van der Waals surface area contributed by atoms with Gasteiger partial charge in [0.15, 0.2) is 0 Å². The average Bonchev–Trinajstić information content (AvgIpc) is 2.70. The van der Waals surface area contributed by atoms with E-state index in [0.717, 1.165) is 19.5 Å². The van der Waals surface area contributed by atoms with Crippen LogP contribution in [0.15, 0.2) is 5.10 Å². The molecule has 17 heavy (non-hydrogen) atoms. The molecule has 98 valence electrons. The molecule has 0 aliphatic carbocycles. The number of hydrazone groups is 1. The van der Waals surface area contributed by atoms with E-state index in [2.05, 4.69) is 43.1 Å². The molecule has 4 heteroatoms. The summed E-state index contributed by atoms with van der Waals surface area (Å²) in [5.74, 6) is 1.27. The molecule has 4 nitrogen and oxygen atoms in total. The second kappa shape index (κ2) is 4.94. The first-order valence-corrected chi connectivity index (χ1v) is 6.75. The van der Waals surface area contributed by atoms with Crippen LogP contribution >= 0.6 is 0 Å². The molecule has 0 radical (unpaired) electrons. The first-order chi connectivity index (χ1) is 8.00. The van der Waals surface area contributed by atoms with Gasteiger partial charge in [0.05, 0.1) is 6.04 Å². The lowest BCUT2D eigenvalue weighted by atomic mass is 9.84. The zero-order valence-corrected chi connectivity index (χ0v) is 11.3. The van der Waals surface area contributed by atoms with Crippen molar-refractivity contribution >= 4 is 5.71 Å². The number of nitrogens with zero attached hydrogens (tertiary/aromatic N) is 2. The molecule has 0 bridgehead atoms. The predicted octanol–water partition coefficient (Wildman–Crippen LogP) is 1.27. The number of hydrogen-bond donors (Lipinski definition) is 2. The van der Waals surface area contributed by atoms with E-state index in [1.165, 1.54) is 5.71 Å². The summed E-state index contributed by atoms with van der Waals surface area (Å²) in [5, 5.41) is 14.6. The van der Waals surface area contributed by atoms with Gasteiger partial charge >= 0.3 is 0 Å². The van der Waals surface area contributed by atoms with Gasteiger partial charge in [-0.15, -0.1) is 0 Å². The summed E-state index contributed by atoms with van der Waals surface area (Å²) in [6.45, 7) is 10.4. The van der Waals surface area contributed by atoms with E-state index in [9.17, 15) is 5.11 Å². The van der Waals surface area contributed by atoms with Crippen LogP contribution in [-0.4, -0.2) is 41.1 Å². The lowest BCUT2D eigenvalue weighted by Gasteiger charge is -2.39. The predicted molar refractivity (Wildman–Crippen MR) is 69.7 cm³/mol. The molecule has 0 aromatic heterocycles. The number of aliphatic hydroxyl groups excluding tert-OH is 1. The molecule has 0 amide bonds. The van der Waals surface area contributed by atoms with Crippen molar-refractivity contribution in [3.05, 3.63) is 0 Å². The van der Waals surface area contributed by atoms with Crippen molar-refractivity contribution in [2.75, 3.05) is 13.1 Å². The topological polar surface area (TPSA) is 47.9 Å². The minimum atomic E-state index is -0.315. The minimum absolute atomic E-state index is 0.292. The molecule has 2 heterocycles. The van der Waals surface area contributed by atoms with Gasteiger partial charge in [-0.1, -0.05) is 27.7 Å². The fourth-order valence-electron chi connectivity index (χ4n) is 2.89. The van der Waals surface area contributed by atoms with Crippen LogP contribution in [0.2, 0.25) is 0 Å². The normalized spacial score (nSPS) is 31.4. The first-order valence-electron chi connectivity index (χ1n) is 6.75. The lowest BCUT2D eigenvalue weighted by Crippen LogP contribution is -2.52. The van der Waals surface area contributed by atoms with E-state index in [1.54, 1.807) is 0 Å². The fourth-order valence-corrected chi connectivity index (χ4v) is 2.89. The number of piperidine rings is 1. The van der Waals surface area contributed by atoms with E-state index in [-0.39, 0.29) is 6.23 Å². The summed E-state index contributed by atoms with van der Waals surface area (Å²) in [7, 11) is 0. The molecule has 3 atom stereocenters. The highest BCUT2D eigenvalue weighted by molar-refractivity contribution is 5.90. The molecule has 2 rings (SSSR count). The minimum Gasteiger partial charge on any atom is -0.378 e.